The minimum Gasteiger partial charge on any atom is -0.475 e. The van der Waals surface area contributed by atoms with Gasteiger partial charge in [-0.15, -0.1) is 0 Å². The van der Waals surface area contributed by atoms with E-state index in [0.29, 0.717) is 11.6 Å². The second-order valence-electron chi connectivity index (χ2n) is 9.24. The van der Waals surface area contributed by atoms with Gasteiger partial charge in [-0.25, -0.2) is 14.8 Å². The Bertz CT molecular complexity index is 1400. The molecular weight excluding hydrogens is 517 g/mol. The van der Waals surface area contributed by atoms with Gasteiger partial charge in [0.05, 0.1) is 5.70 Å². The number of amides is 1. The number of hydrogen-bond donors (Lipinski definition) is 4. The van der Waals surface area contributed by atoms with Gasteiger partial charge < -0.3 is 26.0 Å². The van der Waals surface area contributed by atoms with Crippen molar-refractivity contribution in [3.63, 3.8) is 0 Å². The normalized spacial score (nSPS) is 17.2. The standard InChI is InChI=1S/C23H28N8O.C2HF3O2/c1-29-10-12-31(13-11-29)17-8-6-16(7-9-17)26-23-25-14-15-4-3-5-18-20(22(24)32)28-30(2)21(18)19(15)27-23;3-2(4,5)1(6)7/h4,6-9,14,28H,3,5,10-13H2,1-2H3,(H2,24,32)(H,26,27);(H,6,7). The quantitative estimate of drug-likeness (QED) is 0.428. The van der Waals surface area contributed by atoms with Crippen molar-refractivity contribution in [1.29, 1.82) is 0 Å². The zero-order valence-electron chi connectivity index (χ0n) is 21.4. The highest BCUT2D eigenvalue weighted by Crippen LogP contribution is 2.28. The summed E-state index contributed by atoms with van der Waals surface area (Å²) >= 11 is 0. The molecule has 3 heterocycles. The third kappa shape index (κ3) is 6.39. The molecule has 0 unspecified atom stereocenters. The Morgan fingerprint density at radius 1 is 1.10 bits per heavy atom. The first-order chi connectivity index (χ1) is 18.4. The van der Waals surface area contributed by atoms with Crippen molar-refractivity contribution in [2.24, 2.45) is 5.73 Å². The molecule has 0 atom stereocenters. The van der Waals surface area contributed by atoms with Gasteiger partial charge in [0.2, 0.25) is 5.95 Å². The van der Waals surface area contributed by atoms with Crippen LogP contribution in [-0.2, 0) is 9.59 Å². The Kier molecular flexibility index (Phi) is 7.95. The van der Waals surface area contributed by atoms with Crippen molar-refractivity contribution in [3.05, 3.63) is 52.3 Å². The number of fused-ring (bicyclic) bond motifs is 2. The number of carboxylic acids is 1. The number of likely N-dealkylation sites (N-methyl/N-ethyl adjacent to an activating group) is 2. The molecule has 1 aliphatic carbocycles. The average molecular weight is 547 g/mol. The smallest absolute Gasteiger partial charge is 0.475 e. The average Bonchev–Trinajstić information content (AvgIpc) is 3.09. The first-order valence-corrected chi connectivity index (χ1v) is 12.2. The lowest BCUT2D eigenvalue weighted by atomic mass is 10.1. The van der Waals surface area contributed by atoms with E-state index in [1.807, 2.05) is 18.3 Å². The number of hydrogen-bond acceptors (Lipinski definition) is 9. The summed E-state index contributed by atoms with van der Waals surface area (Å²) in [5.74, 6) is -2.70. The van der Waals surface area contributed by atoms with E-state index >= 15 is 0 Å². The van der Waals surface area contributed by atoms with Crippen molar-refractivity contribution in [3.8, 4) is 0 Å². The third-order valence-corrected chi connectivity index (χ3v) is 6.48. The molecule has 5 N–H and O–H groups in total. The summed E-state index contributed by atoms with van der Waals surface area (Å²) in [5, 5.41) is 14.0. The lowest BCUT2D eigenvalue weighted by Crippen LogP contribution is -2.44. The Labute approximate surface area is 222 Å². The van der Waals surface area contributed by atoms with Crippen LogP contribution in [-0.4, -0.2) is 83.3 Å². The maximum absolute atomic E-state index is 11.9. The number of aromatic nitrogens is 2. The van der Waals surface area contributed by atoms with Crippen LogP contribution in [0.25, 0.3) is 11.8 Å². The van der Waals surface area contributed by atoms with Crippen LogP contribution >= 0.6 is 0 Å². The summed E-state index contributed by atoms with van der Waals surface area (Å²) < 4.78 is 31.7. The van der Waals surface area contributed by atoms with Crippen LogP contribution in [0.5, 0.6) is 0 Å². The maximum atomic E-state index is 11.9. The van der Waals surface area contributed by atoms with Crippen LogP contribution in [0, 0.1) is 0 Å². The van der Waals surface area contributed by atoms with E-state index in [1.165, 1.54) is 5.69 Å². The van der Waals surface area contributed by atoms with Crippen molar-refractivity contribution < 1.29 is 27.9 Å². The molecular formula is C25H29F3N8O3. The summed E-state index contributed by atoms with van der Waals surface area (Å²) in [6.45, 7) is 4.24. The Hall–Kier alpha value is -4.33. The highest BCUT2D eigenvalue weighted by atomic mass is 19.4. The molecule has 5 rings (SSSR count). The number of rotatable bonds is 4. The van der Waals surface area contributed by atoms with E-state index in [0.717, 1.165) is 66.5 Å². The molecule has 1 aromatic carbocycles. The number of alkyl halides is 3. The van der Waals surface area contributed by atoms with E-state index in [9.17, 15) is 18.0 Å². The van der Waals surface area contributed by atoms with Gasteiger partial charge in [0.25, 0.3) is 5.91 Å². The van der Waals surface area contributed by atoms with E-state index in [1.54, 1.807) is 0 Å². The van der Waals surface area contributed by atoms with E-state index in [2.05, 4.69) is 62.9 Å². The minimum atomic E-state index is -5.08. The second kappa shape index (κ2) is 11.2. The summed E-state index contributed by atoms with van der Waals surface area (Å²) in [6, 6.07) is 8.38. The van der Waals surface area contributed by atoms with Gasteiger partial charge in [-0.05, 0) is 44.2 Å². The van der Waals surface area contributed by atoms with Crippen molar-refractivity contribution in [1.82, 2.24) is 25.3 Å². The number of carboxylic acid groups (broad SMARTS) is 1. The summed E-state index contributed by atoms with van der Waals surface area (Å²) in [7, 11) is 4.03. The van der Waals surface area contributed by atoms with Gasteiger partial charge in [-0.1, -0.05) is 6.08 Å². The Morgan fingerprint density at radius 3 is 2.33 bits per heavy atom. The number of nitrogens with zero attached hydrogens (tertiary/aromatic N) is 5. The largest absolute Gasteiger partial charge is 0.490 e. The molecule has 1 fully saturated rings. The molecule has 11 nitrogen and oxygen atoms in total. The predicted molar refractivity (Wildman–Crippen MR) is 139 cm³/mol. The third-order valence-electron chi connectivity index (χ3n) is 6.48. The monoisotopic (exact) mass is 546 g/mol. The SMILES string of the molecule is CN1CCN(c2ccc(Nc3ncc4c(n3)=C3C(=C(C(N)=O)NN3C)CCC=4)cc2)CC1.O=C(O)C(F)(F)F. The zero-order chi connectivity index (χ0) is 28.3. The van der Waals surface area contributed by atoms with E-state index in [-0.39, 0.29) is 0 Å². The van der Waals surface area contributed by atoms with E-state index in [4.69, 9.17) is 20.6 Å². The summed E-state index contributed by atoms with van der Waals surface area (Å²) in [4.78, 5) is 34.9. The number of hydrazine groups is 1. The molecule has 1 saturated heterocycles. The summed E-state index contributed by atoms with van der Waals surface area (Å²) in [5.41, 5.74) is 13.0. The molecule has 1 amide bonds. The van der Waals surface area contributed by atoms with Crippen molar-refractivity contribution in [2.75, 3.05) is 50.5 Å². The van der Waals surface area contributed by atoms with Crippen LogP contribution in [0.4, 0.5) is 30.5 Å². The fourth-order valence-corrected chi connectivity index (χ4v) is 4.47. The molecule has 0 spiro atoms. The van der Waals surface area contributed by atoms with Crippen molar-refractivity contribution in [2.45, 2.75) is 19.0 Å². The molecule has 2 aliphatic heterocycles. The number of halogens is 3. The molecule has 39 heavy (non-hydrogen) atoms. The predicted octanol–water partition coefficient (Wildman–Crippen LogP) is 0.477. The number of benzene rings is 1. The lowest BCUT2D eigenvalue weighted by molar-refractivity contribution is -0.192. The fourth-order valence-electron chi connectivity index (χ4n) is 4.47. The molecule has 2 aromatic rings. The molecule has 3 aliphatic rings. The highest BCUT2D eigenvalue weighted by Gasteiger charge is 2.38. The van der Waals surface area contributed by atoms with Gasteiger partial charge in [0.15, 0.2) is 0 Å². The highest BCUT2D eigenvalue weighted by molar-refractivity contribution is 5.96. The maximum Gasteiger partial charge on any atom is 0.490 e. The Balaban J connectivity index is 0.000000448. The molecule has 0 saturated carbocycles. The fraction of sp³-hybridized carbons (Fsp3) is 0.360. The lowest BCUT2D eigenvalue weighted by Gasteiger charge is -2.34. The molecule has 14 heteroatoms. The molecule has 0 bridgehead atoms. The second-order valence-corrected chi connectivity index (χ2v) is 9.24. The van der Waals surface area contributed by atoms with Gasteiger partial charge in [-0.3, -0.25) is 15.2 Å². The molecule has 0 radical (unpaired) electrons. The molecule has 208 valence electrons. The van der Waals surface area contributed by atoms with Gasteiger partial charge >= 0.3 is 12.1 Å². The van der Waals surface area contributed by atoms with Gasteiger partial charge in [-0.2, -0.15) is 13.2 Å². The minimum absolute atomic E-state index is 0.441. The van der Waals surface area contributed by atoms with Gasteiger partial charge in [0.1, 0.15) is 11.0 Å². The molecule has 1 aromatic heterocycles. The zero-order valence-corrected chi connectivity index (χ0v) is 21.4. The Morgan fingerprint density at radius 2 is 1.74 bits per heavy atom. The van der Waals surface area contributed by atoms with Crippen LogP contribution in [0.1, 0.15) is 12.8 Å². The van der Waals surface area contributed by atoms with Crippen LogP contribution < -0.4 is 31.9 Å². The van der Waals surface area contributed by atoms with Crippen LogP contribution in [0.15, 0.2) is 41.7 Å². The first kappa shape index (κ1) is 27.7. The topological polar surface area (TPSA) is 140 Å². The first-order valence-electron chi connectivity index (χ1n) is 12.2. The van der Waals surface area contributed by atoms with Crippen molar-refractivity contribution >= 4 is 41.0 Å². The summed E-state index contributed by atoms with van der Waals surface area (Å²) in [6.07, 6.45) is 0.365. The van der Waals surface area contributed by atoms with E-state index < -0.39 is 18.1 Å². The van der Waals surface area contributed by atoms with Gasteiger partial charge in [0, 0.05) is 61.6 Å². The number of carbonyl (C=O) groups excluding carboxylic acids is 1. The number of nitrogens with two attached hydrogens (primary N) is 1. The number of primary amides is 1. The number of aliphatic carboxylic acids is 1. The number of carbonyl (C=O) groups is 2. The van der Waals surface area contributed by atoms with Crippen LogP contribution in [0.3, 0.4) is 0 Å². The number of anilines is 3. The van der Waals surface area contributed by atoms with Crippen LogP contribution in [0.2, 0.25) is 0 Å². The number of piperazine rings is 1. The number of nitrogens with one attached hydrogen (secondary N) is 2.